The number of ether oxygens (including phenoxy) is 2. The van der Waals surface area contributed by atoms with E-state index in [-0.39, 0.29) is 12.2 Å². The fourth-order valence-corrected chi connectivity index (χ4v) is 4.77. The molecule has 33 heavy (non-hydrogen) atoms. The molecule has 4 rings (SSSR count). The molecule has 0 amide bonds. The van der Waals surface area contributed by atoms with Crippen LogP contribution >= 0.6 is 23.2 Å². The molecule has 3 aromatic carbocycles. The van der Waals surface area contributed by atoms with Crippen LogP contribution in [-0.4, -0.2) is 10.7 Å². The van der Waals surface area contributed by atoms with Crippen molar-refractivity contribution in [2.24, 2.45) is 0 Å². The smallest absolute Gasteiger partial charge is 0.454 e. The van der Waals surface area contributed by atoms with Crippen LogP contribution in [0.1, 0.15) is 23.5 Å². The highest BCUT2D eigenvalue weighted by atomic mass is 35.5. The Morgan fingerprint density at radius 3 is 2.12 bits per heavy atom. The molecule has 0 aromatic heterocycles. The van der Waals surface area contributed by atoms with Gasteiger partial charge in [-0.2, -0.15) is 5.26 Å². The Morgan fingerprint density at radius 2 is 1.58 bits per heavy atom. The van der Waals surface area contributed by atoms with E-state index in [0.717, 1.165) is 12.1 Å². The number of hydrogen-bond donors (Lipinski definition) is 0. The van der Waals surface area contributed by atoms with Gasteiger partial charge in [-0.05, 0) is 53.9 Å². The van der Waals surface area contributed by atoms with Gasteiger partial charge in [0.2, 0.25) is 0 Å². The molecule has 9 heteroatoms. The maximum absolute atomic E-state index is 14.4. The third kappa shape index (κ3) is 4.59. The first-order valence-electron chi connectivity index (χ1n) is 9.72. The van der Waals surface area contributed by atoms with E-state index in [4.69, 9.17) is 27.9 Å². The summed E-state index contributed by atoms with van der Waals surface area (Å²) in [4.78, 5) is 0. The summed E-state index contributed by atoms with van der Waals surface area (Å²) in [5.74, 6) is -1.64. The molecule has 0 N–H and O–H groups in total. The predicted molar refractivity (Wildman–Crippen MR) is 115 cm³/mol. The van der Waals surface area contributed by atoms with Crippen molar-refractivity contribution in [2.75, 3.05) is 0 Å². The lowest BCUT2D eigenvalue weighted by Gasteiger charge is -2.25. The van der Waals surface area contributed by atoms with E-state index in [1.54, 1.807) is 30.3 Å². The van der Waals surface area contributed by atoms with E-state index in [2.05, 4.69) is 10.8 Å². The highest BCUT2D eigenvalue weighted by Gasteiger charge is 2.71. The van der Waals surface area contributed by atoms with Crippen LogP contribution in [0.4, 0.5) is 17.6 Å². The summed E-state index contributed by atoms with van der Waals surface area (Å²) in [5, 5.41) is 10.0. The molecule has 0 aliphatic heterocycles. The molecular formula is C24H15Cl2F4NO2. The topological polar surface area (TPSA) is 42.2 Å². The number of halogens is 6. The lowest BCUT2D eigenvalue weighted by molar-refractivity contribution is -0.274. The number of alkyl halides is 5. The average Bonchev–Trinajstić information content (AvgIpc) is 3.33. The summed E-state index contributed by atoms with van der Waals surface area (Å²) >= 11 is 12.9. The van der Waals surface area contributed by atoms with Crippen molar-refractivity contribution in [3.05, 3.63) is 89.7 Å². The Hall–Kier alpha value is -2.95. The zero-order valence-corrected chi connectivity index (χ0v) is 18.3. The van der Waals surface area contributed by atoms with E-state index in [9.17, 15) is 22.8 Å². The van der Waals surface area contributed by atoms with Crippen molar-refractivity contribution >= 4 is 23.2 Å². The SMILES string of the molecule is N#CC(c1ccc(F)c(Oc2ccccc2)c1)C1(c2ccc(OC(F)(F)F)cc2)CC1(Cl)Cl. The number of benzene rings is 3. The number of nitrogens with zero attached hydrogens (tertiary/aromatic N) is 1. The Labute approximate surface area is 197 Å². The molecule has 3 nitrogen and oxygen atoms in total. The first kappa shape index (κ1) is 23.2. The van der Waals surface area contributed by atoms with Crippen LogP contribution in [0.3, 0.4) is 0 Å². The summed E-state index contributed by atoms with van der Waals surface area (Å²) in [6.07, 6.45) is -4.66. The highest BCUT2D eigenvalue weighted by Crippen LogP contribution is 2.70. The molecule has 0 heterocycles. The number of para-hydroxylation sites is 1. The van der Waals surface area contributed by atoms with Crippen molar-refractivity contribution in [1.82, 2.24) is 0 Å². The first-order valence-corrected chi connectivity index (χ1v) is 10.5. The van der Waals surface area contributed by atoms with Gasteiger partial charge in [-0.15, -0.1) is 36.4 Å². The van der Waals surface area contributed by atoms with Gasteiger partial charge in [0, 0.05) is 0 Å². The molecule has 1 fully saturated rings. The summed E-state index contributed by atoms with van der Waals surface area (Å²) in [5.41, 5.74) is -0.254. The lowest BCUT2D eigenvalue weighted by atomic mass is 9.79. The minimum absolute atomic E-state index is 0.0848. The van der Waals surface area contributed by atoms with Gasteiger partial charge in [-0.25, -0.2) is 4.39 Å². The lowest BCUT2D eigenvalue weighted by Crippen LogP contribution is -2.24. The number of hydrogen-bond acceptors (Lipinski definition) is 3. The summed E-state index contributed by atoms with van der Waals surface area (Å²) in [6, 6.07) is 19.8. The molecule has 170 valence electrons. The molecule has 0 bridgehead atoms. The van der Waals surface area contributed by atoms with Crippen LogP contribution in [0.25, 0.3) is 0 Å². The van der Waals surface area contributed by atoms with E-state index < -0.39 is 33.6 Å². The van der Waals surface area contributed by atoms with Crippen molar-refractivity contribution < 1.29 is 27.0 Å². The third-order valence-corrected chi connectivity index (χ3v) is 6.45. The first-order chi connectivity index (χ1) is 15.6. The van der Waals surface area contributed by atoms with E-state index >= 15 is 0 Å². The Kier molecular flexibility index (Phi) is 5.94. The Balaban J connectivity index is 1.69. The average molecular weight is 496 g/mol. The fourth-order valence-electron chi connectivity index (χ4n) is 3.92. The van der Waals surface area contributed by atoms with Crippen LogP contribution in [0, 0.1) is 17.1 Å². The molecule has 3 aromatic rings. The van der Waals surface area contributed by atoms with Crippen molar-refractivity contribution in [2.45, 2.75) is 28.4 Å². The molecule has 0 spiro atoms. The van der Waals surface area contributed by atoms with Gasteiger partial charge in [0.15, 0.2) is 11.6 Å². The van der Waals surface area contributed by atoms with Crippen LogP contribution in [0.5, 0.6) is 17.2 Å². The highest BCUT2D eigenvalue weighted by molar-refractivity contribution is 6.52. The maximum Gasteiger partial charge on any atom is 0.573 e. The molecule has 1 saturated carbocycles. The molecule has 1 aliphatic carbocycles. The minimum atomic E-state index is -4.83. The van der Waals surface area contributed by atoms with Crippen LogP contribution in [0.15, 0.2) is 72.8 Å². The minimum Gasteiger partial charge on any atom is -0.454 e. The van der Waals surface area contributed by atoms with Gasteiger partial charge >= 0.3 is 6.36 Å². The van der Waals surface area contributed by atoms with Crippen molar-refractivity contribution in [3.8, 4) is 23.3 Å². The van der Waals surface area contributed by atoms with Gasteiger partial charge in [-0.1, -0.05) is 36.4 Å². The number of rotatable bonds is 6. The Bertz CT molecular complexity index is 1190. The molecule has 2 unspecified atom stereocenters. The van der Waals surface area contributed by atoms with Gasteiger partial charge < -0.3 is 9.47 Å². The molecule has 0 radical (unpaired) electrons. The molecule has 1 aliphatic rings. The van der Waals surface area contributed by atoms with E-state index in [1.165, 1.54) is 30.3 Å². The third-order valence-electron chi connectivity index (χ3n) is 5.51. The fraction of sp³-hybridized carbons (Fsp3) is 0.208. The molecular weight excluding hydrogens is 481 g/mol. The van der Waals surface area contributed by atoms with Gasteiger partial charge in [0.1, 0.15) is 15.8 Å². The van der Waals surface area contributed by atoms with Gasteiger partial charge in [-0.3, -0.25) is 0 Å². The van der Waals surface area contributed by atoms with Gasteiger partial charge in [0.05, 0.1) is 17.4 Å². The monoisotopic (exact) mass is 495 g/mol. The Morgan fingerprint density at radius 1 is 0.939 bits per heavy atom. The molecule has 2 atom stereocenters. The van der Waals surface area contributed by atoms with E-state index in [0.29, 0.717) is 16.9 Å². The second-order valence-corrected chi connectivity index (χ2v) is 9.08. The maximum atomic E-state index is 14.4. The van der Waals surface area contributed by atoms with Crippen LogP contribution < -0.4 is 9.47 Å². The second-order valence-electron chi connectivity index (χ2n) is 7.59. The number of nitriles is 1. The van der Waals surface area contributed by atoms with Crippen LogP contribution in [0.2, 0.25) is 0 Å². The van der Waals surface area contributed by atoms with Gasteiger partial charge in [0.25, 0.3) is 0 Å². The summed E-state index contributed by atoms with van der Waals surface area (Å²) in [6.45, 7) is 0. The largest absolute Gasteiger partial charge is 0.573 e. The van der Waals surface area contributed by atoms with E-state index in [1.807, 2.05) is 0 Å². The zero-order chi connectivity index (χ0) is 23.9. The second kappa shape index (κ2) is 8.44. The van der Waals surface area contributed by atoms with Crippen LogP contribution in [-0.2, 0) is 5.41 Å². The summed E-state index contributed by atoms with van der Waals surface area (Å²) < 4.78 is 60.1. The van der Waals surface area contributed by atoms with Crippen molar-refractivity contribution in [1.29, 1.82) is 5.26 Å². The zero-order valence-electron chi connectivity index (χ0n) is 16.7. The predicted octanol–water partition coefficient (Wildman–Crippen LogP) is 7.64. The standard InChI is InChI=1S/C24H15Cl2F4NO2/c25-23(26)14-22(23,16-7-9-18(10-8-16)33-24(28,29)30)19(13-31)15-6-11-20(27)21(12-15)32-17-4-2-1-3-5-17/h1-12,19H,14H2. The molecule has 0 saturated heterocycles. The van der Waals surface area contributed by atoms with Crippen molar-refractivity contribution in [3.63, 3.8) is 0 Å². The summed E-state index contributed by atoms with van der Waals surface area (Å²) in [7, 11) is 0. The quantitative estimate of drug-likeness (QED) is 0.260. The normalized spacial score (nSPS) is 19.9.